The molecular formula is C22H24O9. The van der Waals surface area contributed by atoms with Crippen molar-refractivity contribution in [2.24, 2.45) is 0 Å². The van der Waals surface area contributed by atoms with Crippen molar-refractivity contribution in [3.05, 3.63) is 46.3 Å². The minimum Gasteiger partial charge on any atom is -0.429 e. The summed E-state index contributed by atoms with van der Waals surface area (Å²) in [6.45, 7) is 7.47. The van der Waals surface area contributed by atoms with Gasteiger partial charge in [-0.1, -0.05) is 18.2 Å². The average molecular weight is 432 g/mol. The van der Waals surface area contributed by atoms with Gasteiger partial charge in [-0.15, -0.1) is 0 Å². The zero-order valence-corrected chi connectivity index (χ0v) is 17.7. The fourth-order valence-corrected chi connectivity index (χ4v) is 4.24. The van der Waals surface area contributed by atoms with Crippen molar-refractivity contribution in [2.75, 3.05) is 6.61 Å². The van der Waals surface area contributed by atoms with Gasteiger partial charge in [0, 0.05) is 5.39 Å². The molecule has 3 aliphatic rings. The SMILES string of the molecule is CC1(C)OCC(C2OC(OC(=O)c3cc4ccccc4oc3=O)C3OC(C)(C)OC23)O1. The number of fused-ring (bicyclic) bond motifs is 2. The molecule has 3 fully saturated rings. The molecule has 5 atom stereocenters. The van der Waals surface area contributed by atoms with E-state index in [4.69, 9.17) is 32.8 Å². The fourth-order valence-electron chi connectivity index (χ4n) is 4.24. The molecule has 0 bridgehead atoms. The van der Waals surface area contributed by atoms with Crippen LogP contribution in [0.2, 0.25) is 0 Å². The molecule has 1 aromatic carbocycles. The van der Waals surface area contributed by atoms with Gasteiger partial charge in [0.05, 0.1) is 6.61 Å². The molecular weight excluding hydrogens is 408 g/mol. The Labute approximate surface area is 178 Å². The van der Waals surface area contributed by atoms with Gasteiger partial charge in [0.25, 0.3) is 0 Å². The van der Waals surface area contributed by atoms with Crippen LogP contribution in [0.25, 0.3) is 11.0 Å². The van der Waals surface area contributed by atoms with Crippen molar-refractivity contribution >= 4 is 16.9 Å². The molecule has 0 N–H and O–H groups in total. The molecule has 0 spiro atoms. The van der Waals surface area contributed by atoms with Gasteiger partial charge in [0.15, 0.2) is 17.7 Å². The first kappa shape index (κ1) is 20.6. The summed E-state index contributed by atoms with van der Waals surface area (Å²) < 4.78 is 40.3. The number of hydrogen-bond donors (Lipinski definition) is 0. The quantitative estimate of drug-likeness (QED) is 0.534. The second-order valence-corrected chi connectivity index (χ2v) is 8.79. The number of benzene rings is 1. The zero-order valence-electron chi connectivity index (χ0n) is 17.7. The predicted octanol–water partition coefficient (Wildman–Crippen LogP) is 2.35. The first-order valence-electron chi connectivity index (χ1n) is 10.2. The minimum absolute atomic E-state index is 0.220. The number of ether oxygens (including phenoxy) is 6. The maximum absolute atomic E-state index is 12.8. The maximum Gasteiger partial charge on any atom is 0.351 e. The molecule has 2 aromatic rings. The number of carbonyl (C=O) groups is 1. The Morgan fingerprint density at radius 2 is 1.74 bits per heavy atom. The topological polar surface area (TPSA) is 103 Å². The van der Waals surface area contributed by atoms with E-state index in [0.717, 1.165) is 0 Å². The Kier molecular flexibility index (Phi) is 4.72. The zero-order chi connectivity index (χ0) is 22.0. The molecule has 9 heteroatoms. The van der Waals surface area contributed by atoms with Crippen LogP contribution in [0.15, 0.2) is 39.5 Å². The Balaban J connectivity index is 1.39. The number of hydrogen-bond acceptors (Lipinski definition) is 9. The molecule has 0 aliphatic carbocycles. The summed E-state index contributed by atoms with van der Waals surface area (Å²) in [4.78, 5) is 25.2. The number of carbonyl (C=O) groups excluding carboxylic acids is 1. The van der Waals surface area contributed by atoms with Crippen LogP contribution in [-0.4, -0.2) is 54.9 Å². The van der Waals surface area contributed by atoms with Gasteiger partial charge in [-0.2, -0.15) is 0 Å². The second kappa shape index (κ2) is 7.11. The highest BCUT2D eigenvalue weighted by molar-refractivity contribution is 5.92. The van der Waals surface area contributed by atoms with Crippen LogP contribution in [0.5, 0.6) is 0 Å². The summed E-state index contributed by atoms with van der Waals surface area (Å²) >= 11 is 0. The highest BCUT2D eigenvalue weighted by Crippen LogP contribution is 2.42. The standard InChI is InChI=1S/C22H24O9/c1-21(2)25-10-14(29-21)15-16-17(31-22(3,4)30-16)20(27-15)28-19(24)12-9-11-7-5-6-8-13(11)26-18(12)23/h5-9,14-17,20H,10H2,1-4H3. The lowest BCUT2D eigenvalue weighted by molar-refractivity contribution is -0.235. The average Bonchev–Trinajstić information content (AvgIpc) is 3.31. The third-order valence-corrected chi connectivity index (χ3v) is 5.53. The molecule has 3 aliphatic heterocycles. The van der Waals surface area contributed by atoms with Crippen molar-refractivity contribution in [1.82, 2.24) is 0 Å². The van der Waals surface area contributed by atoms with Crippen LogP contribution in [0.4, 0.5) is 0 Å². The third-order valence-electron chi connectivity index (χ3n) is 5.53. The first-order valence-corrected chi connectivity index (χ1v) is 10.2. The predicted molar refractivity (Wildman–Crippen MR) is 105 cm³/mol. The lowest BCUT2D eigenvalue weighted by Gasteiger charge is -2.26. The van der Waals surface area contributed by atoms with Crippen LogP contribution in [-0.2, 0) is 28.4 Å². The number of para-hydroxylation sites is 1. The van der Waals surface area contributed by atoms with E-state index >= 15 is 0 Å². The van der Waals surface area contributed by atoms with Crippen LogP contribution in [0.1, 0.15) is 38.1 Å². The van der Waals surface area contributed by atoms with Gasteiger partial charge >= 0.3 is 11.6 Å². The van der Waals surface area contributed by atoms with E-state index in [1.807, 2.05) is 13.8 Å². The van der Waals surface area contributed by atoms with Crippen molar-refractivity contribution in [1.29, 1.82) is 0 Å². The Hall–Kier alpha value is -2.30. The van der Waals surface area contributed by atoms with Gasteiger partial charge in [-0.05, 0) is 39.8 Å². The maximum atomic E-state index is 12.8. The monoisotopic (exact) mass is 432 g/mol. The van der Waals surface area contributed by atoms with Crippen LogP contribution in [0.3, 0.4) is 0 Å². The molecule has 0 amide bonds. The molecule has 166 valence electrons. The Morgan fingerprint density at radius 3 is 2.48 bits per heavy atom. The molecule has 1 aromatic heterocycles. The molecule has 4 heterocycles. The molecule has 31 heavy (non-hydrogen) atoms. The van der Waals surface area contributed by atoms with Crippen molar-refractivity contribution < 1.29 is 37.6 Å². The van der Waals surface area contributed by atoms with E-state index in [2.05, 4.69) is 0 Å². The Bertz CT molecular complexity index is 1070. The van der Waals surface area contributed by atoms with Crippen molar-refractivity contribution in [2.45, 2.75) is 70.0 Å². The normalized spacial score (nSPS) is 33.5. The van der Waals surface area contributed by atoms with Gasteiger partial charge in [0.1, 0.15) is 29.5 Å². The summed E-state index contributed by atoms with van der Waals surface area (Å²) in [7, 11) is 0. The van der Waals surface area contributed by atoms with Crippen LogP contribution >= 0.6 is 0 Å². The number of esters is 1. The van der Waals surface area contributed by atoms with Gasteiger partial charge < -0.3 is 32.8 Å². The summed E-state index contributed by atoms with van der Waals surface area (Å²) in [5, 5.41) is 0.609. The molecule has 3 saturated heterocycles. The van der Waals surface area contributed by atoms with Gasteiger partial charge in [-0.3, -0.25) is 0 Å². The van der Waals surface area contributed by atoms with Crippen LogP contribution in [0, 0.1) is 0 Å². The summed E-state index contributed by atoms with van der Waals surface area (Å²) in [6, 6.07) is 8.36. The van der Waals surface area contributed by atoms with Gasteiger partial charge in [-0.25, -0.2) is 9.59 Å². The number of rotatable bonds is 3. The molecule has 0 radical (unpaired) electrons. The molecule has 9 nitrogen and oxygen atoms in total. The molecule has 5 unspecified atom stereocenters. The lowest BCUT2D eigenvalue weighted by atomic mass is 10.1. The van der Waals surface area contributed by atoms with E-state index in [9.17, 15) is 9.59 Å². The second-order valence-electron chi connectivity index (χ2n) is 8.79. The van der Waals surface area contributed by atoms with Crippen molar-refractivity contribution in [3.63, 3.8) is 0 Å². The fraction of sp³-hybridized carbons (Fsp3) is 0.545. The summed E-state index contributed by atoms with van der Waals surface area (Å²) in [5.41, 5.74) is -0.619. The van der Waals surface area contributed by atoms with Crippen LogP contribution < -0.4 is 5.63 Å². The highest BCUT2D eigenvalue weighted by atomic mass is 16.8. The van der Waals surface area contributed by atoms with E-state index in [1.54, 1.807) is 38.1 Å². The van der Waals surface area contributed by atoms with E-state index < -0.39 is 53.9 Å². The van der Waals surface area contributed by atoms with Crippen molar-refractivity contribution in [3.8, 4) is 0 Å². The van der Waals surface area contributed by atoms with E-state index in [-0.39, 0.29) is 5.56 Å². The summed E-state index contributed by atoms with van der Waals surface area (Å²) in [5.74, 6) is -2.50. The largest absolute Gasteiger partial charge is 0.429 e. The minimum atomic E-state index is -1.08. The third kappa shape index (κ3) is 3.77. The summed E-state index contributed by atoms with van der Waals surface area (Å²) in [6.07, 6.45) is -3.27. The molecule has 5 rings (SSSR count). The first-order chi connectivity index (χ1) is 14.6. The van der Waals surface area contributed by atoms with E-state index in [0.29, 0.717) is 17.6 Å². The lowest BCUT2D eigenvalue weighted by Crippen LogP contribution is -2.40. The van der Waals surface area contributed by atoms with E-state index in [1.165, 1.54) is 6.07 Å². The highest BCUT2D eigenvalue weighted by Gasteiger charge is 2.60. The smallest absolute Gasteiger partial charge is 0.351 e. The molecule has 0 saturated carbocycles. The Morgan fingerprint density at radius 1 is 1.00 bits per heavy atom. The van der Waals surface area contributed by atoms with Gasteiger partial charge in [0.2, 0.25) is 6.29 Å².